The first-order valence-corrected chi connectivity index (χ1v) is 13.2. The number of nitrogens with one attached hydrogen (secondary N) is 2. The van der Waals surface area contributed by atoms with Gasteiger partial charge in [0.15, 0.2) is 0 Å². The zero-order valence-electron chi connectivity index (χ0n) is 21.1. The fourth-order valence-corrected chi connectivity index (χ4v) is 4.65. The van der Waals surface area contributed by atoms with E-state index < -0.39 is 17.9 Å². The number of aromatic nitrogens is 1. The molecule has 0 bridgehead atoms. The number of hydrogen-bond donors (Lipinski definition) is 2. The van der Waals surface area contributed by atoms with Crippen LogP contribution >= 0.6 is 34.8 Å². The predicted octanol–water partition coefficient (Wildman–Crippen LogP) is 6.86. The second-order valence-corrected chi connectivity index (χ2v) is 10.5. The van der Waals surface area contributed by atoms with Gasteiger partial charge in [-0.15, -0.1) is 0 Å². The van der Waals surface area contributed by atoms with Gasteiger partial charge in [0.2, 0.25) is 0 Å². The molecule has 3 aromatic carbocycles. The first kappa shape index (κ1) is 27.7. The van der Waals surface area contributed by atoms with Gasteiger partial charge in [-0.2, -0.15) is 5.10 Å². The zero-order valence-corrected chi connectivity index (χ0v) is 23.4. The number of fused-ring (bicyclic) bond motifs is 1. The molecule has 2 N–H and O–H groups in total. The highest BCUT2D eigenvalue weighted by molar-refractivity contribution is 6.42. The van der Waals surface area contributed by atoms with Crippen LogP contribution in [-0.4, -0.2) is 28.6 Å². The Bertz CT molecular complexity index is 1510. The van der Waals surface area contributed by atoms with Crippen LogP contribution in [0.5, 0.6) is 0 Å². The summed E-state index contributed by atoms with van der Waals surface area (Å²) < 4.78 is 2.20. The summed E-state index contributed by atoms with van der Waals surface area (Å²) in [5.74, 6) is -1.03. The highest BCUT2D eigenvalue weighted by Gasteiger charge is 2.25. The van der Waals surface area contributed by atoms with Crippen molar-refractivity contribution in [3.63, 3.8) is 0 Å². The highest BCUT2D eigenvalue weighted by Crippen LogP contribution is 2.26. The second-order valence-electron chi connectivity index (χ2n) is 9.29. The zero-order chi connectivity index (χ0) is 27.4. The molecule has 0 radical (unpaired) electrons. The molecule has 0 fully saturated rings. The Morgan fingerprint density at radius 1 is 0.974 bits per heavy atom. The number of nitrogens with zero attached hydrogens (tertiary/aromatic N) is 2. The number of amides is 2. The van der Waals surface area contributed by atoms with Crippen LogP contribution in [0.2, 0.25) is 15.1 Å². The maximum atomic E-state index is 13.0. The average Bonchev–Trinajstić information content (AvgIpc) is 3.15. The third kappa shape index (κ3) is 6.21. The van der Waals surface area contributed by atoms with E-state index in [0.29, 0.717) is 22.2 Å². The van der Waals surface area contributed by atoms with E-state index in [2.05, 4.69) is 26.5 Å². The van der Waals surface area contributed by atoms with E-state index in [1.54, 1.807) is 18.3 Å². The number of hydrazone groups is 1. The van der Waals surface area contributed by atoms with Crippen LogP contribution in [0.25, 0.3) is 10.9 Å². The van der Waals surface area contributed by atoms with Gasteiger partial charge in [0.1, 0.15) is 6.04 Å². The minimum Gasteiger partial charge on any atom is -0.340 e. The van der Waals surface area contributed by atoms with Crippen molar-refractivity contribution in [1.29, 1.82) is 0 Å². The van der Waals surface area contributed by atoms with Crippen molar-refractivity contribution in [2.75, 3.05) is 0 Å². The van der Waals surface area contributed by atoms with Crippen molar-refractivity contribution >= 4 is 63.7 Å². The molecule has 2 amide bonds. The summed E-state index contributed by atoms with van der Waals surface area (Å²) in [6, 6.07) is 19.6. The van der Waals surface area contributed by atoms with Crippen LogP contribution in [-0.2, 0) is 11.3 Å². The van der Waals surface area contributed by atoms with E-state index in [0.717, 1.165) is 27.7 Å². The van der Waals surface area contributed by atoms with E-state index in [1.165, 1.54) is 6.07 Å². The lowest BCUT2D eigenvalue weighted by atomic mass is 10.0. The summed E-state index contributed by atoms with van der Waals surface area (Å²) in [4.78, 5) is 25.7. The summed E-state index contributed by atoms with van der Waals surface area (Å²) in [7, 11) is 0. The number of para-hydroxylation sites is 1. The minimum atomic E-state index is -0.804. The fourth-order valence-electron chi connectivity index (χ4n) is 4.22. The molecule has 1 atom stereocenters. The van der Waals surface area contributed by atoms with Crippen molar-refractivity contribution in [3.8, 4) is 0 Å². The molecule has 9 heteroatoms. The molecule has 0 aliphatic heterocycles. The van der Waals surface area contributed by atoms with Gasteiger partial charge in [0, 0.05) is 39.3 Å². The molecule has 4 rings (SSSR count). The van der Waals surface area contributed by atoms with Crippen molar-refractivity contribution in [2.45, 2.75) is 33.4 Å². The Labute approximate surface area is 236 Å². The lowest BCUT2D eigenvalue weighted by molar-refractivity contribution is -0.123. The van der Waals surface area contributed by atoms with Gasteiger partial charge in [-0.1, -0.05) is 79.0 Å². The van der Waals surface area contributed by atoms with Crippen LogP contribution in [0.15, 0.2) is 71.8 Å². The number of halogens is 3. The maximum absolute atomic E-state index is 13.0. The normalized spacial score (nSPS) is 12.3. The smallest absolute Gasteiger partial charge is 0.262 e. The number of hydrogen-bond acceptors (Lipinski definition) is 3. The summed E-state index contributed by atoms with van der Waals surface area (Å²) >= 11 is 18.0. The summed E-state index contributed by atoms with van der Waals surface area (Å²) in [5, 5.41) is 9.34. The van der Waals surface area contributed by atoms with E-state index >= 15 is 0 Å². The SMILES string of the molecule is Cc1c(/C=N\NC(=O)C(NC(=O)c2ccc(Cl)c(Cl)c2)C(C)C)c2ccccc2n1Cc1ccc(Cl)cc1. The Kier molecular flexibility index (Phi) is 8.77. The largest absolute Gasteiger partial charge is 0.340 e. The number of rotatable bonds is 8. The first-order chi connectivity index (χ1) is 18.2. The Morgan fingerprint density at radius 2 is 1.68 bits per heavy atom. The van der Waals surface area contributed by atoms with Crippen molar-refractivity contribution in [1.82, 2.24) is 15.3 Å². The third-order valence-corrected chi connectivity index (χ3v) is 7.31. The molecule has 1 heterocycles. The van der Waals surface area contributed by atoms with Crippen molar-refractivity contribution in [2.24, 2.45) is 11.0 Å². The number of carbonyl (C=O) groups is 2. The fraction of sp³-hybridized carbons (Fsp3) is 0.207. The van der Waals surface area contributed by atoms with Crippen LogP contribution in [0.3, 0.4) is 0 Å². The van der Waals surface area contributed by atoms with E-state index in [9.17, 15) is 9.59 Å². The van der Waals surface area contributed by atoms with Crippen LogP contribution in [0.4, 0.5) is 0 Å². The van der Waals surface area contributed by atoms with Gasteiger partial charge in [-0.25, -0.2) is 5.43 Å². The molecule has 196 valence electrons. The first-order valence-electron chi connectivity index (χ1n) is 12.1. The predicted molar refractivity (Wildman–Crippen MR) is 156 cm³/mol. The topological polar surface area (TPSA) is 75.5 Å². The van der Waals surface area contributed by atoms with Gasteiger partial charge in [-0.05, 0) is 54.8 Å². The third-order valence-electron chi connectivity index (χ3n) is 6.32. The number of carbonyl (C=O) groups excluding carboxylic acids is 2. The summed E-state index contributed by atoms with van der Waals surface area (Å²) in [6.45, 7) is 6.38. The standard InChI is InChI=1S/C29H27Cl3N4O2/c1-17(2)27(34-28(37)20-10-13-24(31)25(32)14-20)29(38)35-33-15-23-18(3)36(26-7-5-4-6-22(23)26)16-19-8-11-21(30)12-9-19/h4-15,17,27H,16H2,1-3H3,(H,34,37)(H,35,38)/b33-15-. The van der Waals surface area contributed by atoms with E-state index in [4.69, 9.17) is 34.8 Å². The lowest BCUT2D eigenvalue weighted by Crippen LogP contribution is -2.48. The molecule has 0 spiro atoms. The minimum absolute atomic E-state index is 0.181. The van der Waals surface area contributed by atoms with Crippen LogP contribution < -0.4 is 10.7 Å². The second kappa shape index (κ2) is 12.0. The Hall–Kier alpha value is -3.32. The quantitative estimate of drug-likeness (QED) is 0.180. The van der Waals surface area contributed by atoms with Crippen LogP contribution in [0, 0.1) is 12.8 Å². The van der Waals surface area contributed by atoms with Crippen LogP contribution in [0.1, 0.15) is 41.0 Å². The summed E-state index contributed by atoms with van der Waals surface area (Å²) in [6.07, 6.45) is 1.64. The van der Waals surface area contributed by atoms with Gasteiger partial charge in [0.25, 0.3) is 11.8 Å². The van der Waals surface area contributed by atoms with Crippen molar-refractivity contribution in [3.05, 3.63) is 104 Å². The molecule has 1 aromatic heterocycles. The van der Waals surface area contributed by atoms with Gasteiger partial charge in [0.05, 0.1) is 16.3 Å². The molecule has 0 aliphatic carbocycles. The molecule has 1 unspecified atom stereocenters. The summed E-state index contributed by atoms with van der Waals surface area (Å²) in [5.41, 5.74) is 6.98. The average molecular weight is 570 g/mol. The number of benzene rings is 3. The maximum Gasteiger partial charge on any atom is 0.262 e. The molecule has 0 saturated carbocycles. The Balaban J connectivity index is 1.52. The molecule has 38 heavy (non-hydrogen) atoms. The van der Waals surface area contributed by atoms with Gasteiger partial charge >= 0.3 is 0 Å². The molecular formula is C29H27Cl3N4O2. The highest BCUT2D eigenvalue weighted by atomic mass is 35.5. The lowest BCUT2D eigenvalue weighted by Gasteiger charge is -2.20. The van der Waals surface area contributed by atoms with Gasteiger partial charge < -0.3 is 9.88 Å². The Morgan fingerprint density at radius 3 is 2.37 bits per heavy atom. The van der Waals surface area contributed by atoms with Gasteiger partial charge in [-0.3, -0.25) is 9.59 Å². The van der Waals surface area contributed by atoms with Crippen molar-refractivity contribution < 1.29 is 9.59 Å². The monoisotopic (exact) mass is 568 g/mol. The molecular weight excluding hydrogens is 543 g/mol. The van der Waals surface area contributed by atoms with E-state index in [-0.39, 0.29) is 10.9 Å². The molecule has 0 aliphatic rings. The van der Waals surface area contributed by atoms with E-state index in [1.807, 2.05) is 63.2 Å². The molecule has 6 nitrogen and oxygen atoms in total. The molecule has 4 aromatic rings. The molecule has 0 saturated heterocycles.